The van der Waals surface area contributed by atoms with Gasteiger partial charge >= 0.3 is 5.97 Å². The number of aromatic nitrogens is 2. The summed E-state index contributed by atoms with van der Waals surface area (Å²) in [5.41, 5.74) is 0.901. The van der Waals surface area contributed by atoms with Gasteiger partial charge in [-0.05, 0) is 43.3 Å². The van der Waals surface area contributed by atoms with Crippen molar-refractivity contribution in [1.29, 1.82) is 0 Å². The van der Waals surface area contributed by atoms with Crippen molar-refractivity contribution in [2.24, 2.45) is 0 Å². The predicted molar refractivity (Wildman–Crippen MR) is 95.5 cm³/mol. The Balaban J connectivity index is 1.85. The van der Waals surface area contributed by atoms with Crippen molar-refractivity contribution in [1.82, 2.24) is 9.78 Å². The fourth-order valence-corrected chi connectivity index (χ4v) is 2.45. The molecule has 0 spiro atoms. The Bertz CT molecular complexity index is 954. The second-order valence-corrected chi connectivity index (χ2v) is 5.54. The number of ketones is 1. The molecule has 27 heavy (non-hydrogen) atoms. The van der Waals surface area contributed by atoms with Gasteiger partial charge in [0.2, 0.25) is 5.78 Å². The molecule has 0 bridgehead atoms. The van der Waals surface area contributed by atoms with Gasteiger partial charge in [-0.25, -0.2) is 13.9 Å². The molecule has 0 unspecified atom stereocenters. The molecule has 0 aliphatic rings. The Kier molecular flexibility index (Phi) is 5.61. The first-order valence-electron chi connectivity index (χ1n) is 8.32. The summed E-state index contributed by atoms with van der Waals surface area (Å²) in [7, 11) is 0. The molecule has 6 nitrogen and oxygen atoms in total. The number of nitrogens with zero attached hydrogens (tertiary/aromatic N) is 2. The molecule has 0 radical (unpaired) electrons. The second-order valence-electron chi connectivity index (χ2n) is 5.54. The van der Waals surface area contributed by atoms with Crippen molar-refractivity contribution in [3.8, 4) is 11.4 Å². The van der Waals surface area contributed by atoms with Crippen molar-refractivity contribution in [2.45, 2.75) is 6.92 Å². The molecule has 1 aromatic heterocycles. The number of ether oxygens (including phenoxy) is 2. The third-order valence-electron chi connectivity index (χ3n) is 3.68. The molecule has 0 atom stereocenters. The number of carbonyl (C=O) groups is 2. The largest absolute Gasteiger partial charge is 0.481 e. The highest BCUT2D eigenvalue weighted by Gasteiger charge is 2.19. The second kappa shape index (κ2) is 8.27. The van der Waals surface area contributed by atoms with E-state index in [1.165, 1.54) is 12.1 Å². The fourth-order valence-electron chi connectivity index (χ4n) is 2.45. The van der Waals surface area contributed by atoms with Crippen LogP contribution in [0, 0.1) is 5.82 Å². The lowest BCUT2D eigenvalue weighted by atomic mass is 10.1. The van der Waals surface area contributed by atoms with E-state index in [4.69, 9.17) is 9.47 Å². The molecule has 0 N–H and O–H groups in total. The van der Waals surface area contributed by atoms with Crippen LogP contribution in [-0.2, 0) is 9.53 Å². The SMILES string of the molecule is CCOC(=O)COc1ccc(F)cc1C(=O)c1ccn(-c2ccccc2)n1. The first-order valence-corrected chi connectivity index (χ1v) is 8.32. The highest BCUT2D eigenvalue weighted by molar-refractivity contribution is 6.09. The molecule has 2 aromatic carbocycles. The summed E-state index contributed by atoms with van der Waals surface area (Å²) in [6.45, 7) is 1.51. The molecule has 1 heterocycles. The van der Waals surface area contributed by atoms with E-state index >= 15 is 0 Å². The summed E-state index contributed by atoms with van der Waals surface area (Å²) in [4.78, 5) is 24.3. The van der Waals surface area contributed by atoms with Crippen LogP contribution < -0.4 is 4.74 Å². The van der Waals surface area contributed by atoms with E-state index in [0.717, 1.165) is 17.8 Å². The number of rotatable bonds is 7. The summed E-state index contributed by atoms with van der Waals surface area (Å²) in [6, 6.07) is 14.3. The third kappa shape index (κ3) is 4.38. The van der Waals surface area contributed by atoms with Crippen LogP contribution in [0.5, 0.6) is 5.75 Å². The maximum atomic E-state index is 13.7. The maximum absolute atomic E-state index is 13.7. The van der Waals surface area contributed by atoms with Crippen LogP contribution in [0.15, 0.2) is 60.8 Å². The normalized spacial score (nSPS) is 10.4. The average Bonchev–Trinajstić information content (AvgIpc) is 3.17. The zero-order valence-corrected chi connectivity index (χ0v) is 14.6. The van der Waals surface area contributed by atoms with Crippen LogP contribution in [0.1, 0.15) is 23.0 Å². The molecule has 0 aliphatic carbocycles. The zero-order valence-electron chi connectivity index (χ0n) is 14.6. The van der Waals surface area contributed by atoms with E-state index in [1.807, 2.05) is 30.3 Å². The van der Waals surface area contributed by atoms with E-state index in [0.29, 0.717) is 0 Å². The minimum absolute atomic E-state index is 0.0161. The Morgan fingerprint density at radius 2 is 1.89 bits per heavy atom. The lowest BCUT2D eigenvalue weighted by Gasteiger charge is -2.10. The lowest BCUT2D eigenvalue weighted by molar-refractivity contribution is -0.145. The molecule has 0 aliphatic heterocycles. The fraction of sp³-hybridized carbons (Fsp3) is 0.150. The van der Waals surface area contributed by atoms with Gasteiger partial charge in [-0.15, -0.1) is 0 Å². The number of hydrogen-bond donors (Lipinski definition) is 0. The Morgan fingerprint density at radius 3 is 2.63 bits per heavy atom. The number of benzene rings is 2. The Labute approximate surface area is 155 Å². The molecule has 3 aromatic rings. The highest BCUT2D eigenvalue weighted by atomic mass is 19.1. The molecule has 138 valence electrons. The van der Waals surface area contributed by atoms with Crippen molar-refractivity contribution in [2.75, 3.05) is 13.2 Å². The molecule has 0 fully saturated rings. The van der Waals surface area contributed by atoms with Gasteiger partial charge < -0.3 is 9.47 Å². The van der Waals surface area contributed by atoms with Gasteiger partial charge in [0.05, 0.1) is 17.9 Å². The molecule has 3 rings (SSSR count). The minimum atomic E-state index is -0.593. The molecule has 0 saturated heterocycles. The quantitative estimate of drug-likeness (QED) is 0.473. The Hall–Kier alpha value is -3.48. The third-order valence-corrected chi connectivity index (χ3v) is 3.68. The summed E-state index contributed by atoms with van der Waals surface area (Å²) in [6.07, 6.45) is 1.64. The standard InChI is InChI=1S/C20H17FN2O4/c1-2-26-19(24)13-27-18-9-8-14(21)12-16(18)20(25)17-10-11-23(22-17)15-6-4-3-5-7-15/h3-12H,2,13H2,1H3. The van der Waals surface area contributed by atoms with Gasteiger partial charge in [-0.2, -0.15) is 5.10 Å². The lowest BCUT2D eigenvalue weighted by Crippen LogP contribution is -2.16. The monoisotopic (exact) mass is 368 g/mol. The Morgan fingerprint density at radius 1 is 1.11 bits per heavy atom. The van der Waals surface area contributed by atoms with E-state index in [2.05, 4.69) is 5.10 Å². The topological polar surface area (TPSA) is 70.4 Å². The van der Waals surface area contributed by atoms with Crippen LogP contribution >= 0.6 is 0 Å². The van der Waals surface area contributed by atoms with Gasteiger partial charge in [-0.1, -0.05) is 18.2 Å². The van der Waals surface area contributed by atoms with Crippen molar-refractivity contribution >= 4 is 11.8 Å². The zero-order chi connectivity index (χ0) is 19.2. The molecular formula is C20H17FN2O4. The summed E-state index contributed by atoms with van der Waals surface area (Å²) in [5.74, 6) is -1.59. The van der Waals surface area contributed by atoms with Crippen LogP contribution in [0.25, 0.3) is 5.69 Å². The van der Waals surface area contributed by atoms with Gasteiger partial charge in [0, 0.05) is 6.20 Å². The predicted octanol–water partition coefficient (Wildman–Crippen LogP) is 3.18. The minimum Gasteiger partial charge on any atom is -0.481 e. The summed E-state index contributed by atoms with van der Waals surface area (Å²) in [5, 5.41) is 4.25. The number of carbonyl (C=O) groups excluding carboxylic acids is 2. The van der Waals surface area contributed by atoms with Gasteiger partial charge in [0.15, 0.2) is 6.61 Å². The van der Waals surface area contributed by atoms with E-state index < -0.39 is 17.6 Å². The van der Waals surface area contributed by atoms with Gasteiger partial charge in [0.25, 0.3) is 0 Å². The van der Waals surface area contributed by atoms with Gasteiger partial charge in [0.1, 0.15) is 17.3 Å². The summed E-state index contributed by atoms with van der Waals surface area (Å²) >= 11 is 0. The smallest absolute Gasteiger partial charge is 0.344 e. The number of para-hydroxylation sites is 1. The maximum Gasteiger partial charge on any atom is 0.344 e. The number of hydrogen-bond acceptors (Lipinski definition) is 5. The van der Waals surface area contributed by atoms with Crippen molar-refractivity contribution < 1.29 is 23.5 Å². The van der Waals surface area contributed by atoms with Crippen LogP contribution in [0.3, 0.4) is 0 Å². The highest BCUT2D eigenvalue weighted by Crippen LogP contribution is 2.23. The van der Waals surface area contributed by atoms with Crippen LogP contribution in [-0.4, -0.2) is 34.7 Å². The van der Waals surface area contributed by atoms with E-state index in [-0.39, 0.29) is 30.2 Å². The molecular weight excluding hydrogens is 351 g/mol. The number of esters is 1. The van der Waals surface area contributed by atoms with E-state index in [9.17, 15) is 14.0 Å². The van der Waals surface area contributed by atoms with Crippen molar-refractivity contribution in [3.05, 3.63) is 77.9 Å². The van der Waals surface area contributed by atoms with Gasteiger partial charge in [-0.3, -0.25) is 4.79 Å². The molecule has 0 amide bonds. The molecule has 0 saturated carbocycles. The first-order chi connectivity index (χ1) is 13.1. The molecule has 7 heteroatoms. The first kappa shape index (κ1) is 18.3. The van der Waals surface area contributed by atoms with Crippen LogP contribution in [0.2, 0.25) is 0 Å². The van der Waals surface area contributed by atoms with Crippen LogP contribution in [0.4, 0.5) is 4.39 Å². The van der Waals surface area contributed by atoms with E-state index in [1.54, 1.807) is 17.8 Å². The summed E-state index contributed by atoms with van der Waals surface area (Å²) < 4.78 is 25.4. The van der Waals surface area contributed by atoms with Crippen molar-refractivity contribution in [3.63, 3.8) is 0 Å². The average molecular weight is 368 g/mol. The number of halogens is 1.